The van der Waals surface area contributed by atoms with Gasteiger partial charge in [-0.25, -0.2) is 25.3 Å². The maximum absolute atomic E-state index is 14.0. The molecule has 0 saturated heterocycles. The van der Waals surface area contributed by atoms with E-state index in [9.17, 15) is 58.4 Å². The van der Waals surface area contributed by atoms with Crippen molar-refractivity contribution >= 4 is 111 Å². The number of carboxylic acid groups (broad SMARTS) is 1. The molecule has 0 amide bonds. The standard InChI is InChI=1S/C41H30N10O13S3.4Na/c42-24-5-15-31(48-45-27-10-13-29(14-11-27)65(56,57)58)32(19-24)49-50-38-34(66(59,60)61)17-23-18-35(67(62,63)64)39(40(53)36(23)37(38)43)51-46-26-8-3-22(4-9-26)21-1-6-25(7-2-21)44-47-28-12-16-33(52)30(20-28)41(54)55;;;;/h1-20,44,46H,42-43H2,(H,54,55)(H,56,57,58)(H,59,60,61)(H,62,63,64);;;;/q;4*+1/p-4/b47-28+,48-45?,50-49?,51-39-;;;;. The average Bonchev–Trinajstić information content (AvgIpc) is 3.27. The van der Waals surface area contributed by atoms with Crippen LogP contribution in [0.1, 0.15) is 15.9 Å². The number of ketones is 2. The first-order chi connectivity index (χ1) is 31.6. The van der Waals surface area contributed by atoms with E-state index >= 15 is 0 Å². The largest absolute Gasteiger partial charge is 1.00 e. The van der Waals surface area contributed by atoms with Crippen LogP contribution in [0.4, 0.5) is 45.5 Å². The Morgan fingerprint density at radius 2 is 1.15 bits per heavy atom. The number of hydrogen-bond donors (Lipinski definition) is 4. The summed E-state index contributed by atoms with van der Waals surface area (Å²) in [6.45, 7) is 0. The fourth-order valence-corrected chi connectivity index (χ4v) is 7.93. The van der Waals surface area contributed by atoms with Crippen molar-refractivity contribution in [1.82, 2.24) is 0 Å². The third-order valence-electron chi connectivity index (χ3n) is 9.39. The minimum atomic E-state index is -5.51. The Labute approximate surface area is 492 Å². The Balaban J connectivity index is 0.00000333. The zero-order valence-corrected chi connectivity index (χ0v) is 47.9. The molecule has 340 valence electrons. The number of nitrogen functional groups attached to an aromatic ring is 2. The van der Waals surface area contributed by atoms with Gasteiger partial charge in [-0.05, 0) is 114 Å². The second-order valence-corrected chi connectivity index (χ2v) is 17.9. The van der Waals surface area contributed by atoms with Crippen LogP contribution in [0.2, 0.25) is 0 Å². The van der Waals surface area contributed by atoms with Crippen LogP contribution >= 0.6 is 0 Å². The summed E-state index contributed by atoms with van der Waals surface area (Å²) in [5.41, 5.74) is 15.4. The van der Waals surface area contributed by atoms with Crippen molar-refractivity contribution in [2.24, 2.45) is 30.7 Å². The van der Waals surface area contributed by atoms with Gasteiger partial charge in [-0.3, -0.25) is 20.4 Å². The van der Waals surface area contributed by atoms with E-state index in [0.717, 1.165) is 24.3 Å². The van der Waals surface area contributed by atoms with Crippen molar-refractivity contribution in [3.05, 3.63) is 137 Å². The van der Waals surface area contributed by atoms with Gasteiger partial charge >= 0.3 is 118 Å². The summed E-state index contributed by atoms with van der Waals surface area (Å²) in [5, 5.41) is 34.9. The maximum atomic E-state index is 14.0. The molecule has 0 fully saturated rings. The van der Waals surface area contributed by atoms with Crippen molar-refractivity contribution in [2.45, 2.75) is 9.79 Å². The normalized spacial score (nSPS) is 14.6. The minimum Gasteiger partial charge on any atom is -0.744 e. The number of rotatable bonds is 13. The van der Waals surface area contributed by atoms with Crippen LogP contribution in [0.25, 0.3) is 17.2 Å². The Hall–Kier alpha value is -4.40. The van der Waals surface area contributed by atoms with Gasteiger partial charge in [-0.2, -0.15) is 15.3 Å². The first kappa shape index (κ1) is 60.9. The van der Waals surface area contributed by atoms with Gasteiger partial charge in [-0.15, -0.1) is 15.3 Å². The molecule has 0 bridgehead atoms. The zero-order chi connectivity index (χ0) is 48.4. The predicted octanol–water partition coefficient (Wildman–Crippen LogP) is -7.69. The monoisotopic (exact) mass is 1050 g/mol. The van der Waals surface area contributed by atoms with Crippen molar-refractivity contribution in [3.63, 3.8) is 0 Å². The Kier molecular flexibility index (Phi) is 21.5. The SMILES string of the molecule is Nc1ccc(N=Nc2ccc(S(=O)(=O)[O-])cc2)c(N=Nc2c(S(=O)(=O)[O-])cc3c(c2N)C(=O)/C(=N\Nc2ccc(-c4ccc(N/N=C5\C=CC(=O)C(C(=O)[O-])=C5)cc4)cc2)C(S(=O)(=O)[O-])=C3)c1.[Na+].[Na+].[Na+].[Na+]. The number of carbonyl (C=O) groups is 3. The van der Waals surface area contributed by atoms with Gasteiger partial charge in [0.2, 0.25) is 5.78 Å². The van der Waals surface area contributed by atoms with Gasteiger partial charge in [0.25, 0.3) is 0 Å². The first-order valence-electron chi connectivity index (χ1n) is 18.5. The van der Waals surface area contributed by atoms with E-state index in [-0.39, 0.29) is 152 Å². The molecule has 0 heterocycles. The van der Waals surface area contributed by atoms with Crippen LogP contribution in [0, 0.1) is 0 Å². The maximum Gasteiger partial charge on any atom is 1.00 e. The van der Waals surface area contributed by atoms with E-state index in [1.54, 1.807) is 36.4 Å². The Morgan fingerprint density at radius 3 is 1.69 bits per heavy atom. The van der Waals surface area contributed by atoms with E-state index in [1.165, 1.54) is 48.5 Å². The molecule has 0 radical (unpaired) electrons. The number of allylic oxidation sites excluding steroid dienone is 4. The summed E-state index contributed by atoms with van der Waals surface area (Å²) < 4.78 is 109. The van der Waals surface area contributed by atoms with Crippen molar-refractivity contribution < 1.29 is 177 Å². The van der Waals surface area contributed by atoms with Crippen LogP contribution in [-0.4, -0.2) is 67.9 Å². The number of nitrogens with zero attached hydrogens (tertiary/aromatic N) is 6. The molecule has 2 aliphatic carbocycles. The molecule has 0 aromatic heterocycles. The summed E-state index contributed by atoms with van der Waals surface area (Å²) in [6, 6.07) is 22.0. The average molecular weight is 1050 g/mol. The molecule has 2 aliphatic rings. The van der Waals surface area contributed by atoms with Gasteiger partial charge in [-0.1, -0.05) is 24.3 Å². The number of aliphatic carboxylic acids is 1. The van der Waals surface area contributed by atoms with Gasteiger partial charge in [0.15, 0.2) is 5.78 Å². The number of nitrogens with one attached hydrogen (secondary N) is 2. The number of carboxylic acids is 1. The second-order valence-electron chi connectivity index (χ2n) is 13.9. The number of hydrazone groups is 2. The molecule has 0 saturated carbocycles. The number of anilines is 4. The Bertz CT molecular complexity index is 3520. The number of hydrogen-bond acceptors (Lipinski definition) is 23. The van der Waals surface area contributed by atoms with Gasteiger partial charge < -0.3 is 35.0 Å². The van der Waals surface area contributed by atoms with Gasteiger partial charge in [0, 0.05) is 11.3 Å². The van der Waals surface area contributed by atoms with E-state index < -0.39 is 96.4 Å². The van der Waals surface area contributed by atoms with Crippen LogP contribution in [0.3, 0.4) is 0 Å². The fourth-order valence-electron chi connectivity index (χ4n) is 6.16. The number of fused-ring (bicyclic) bond motifs is 1. The molecule has 23 nitrogen and oxygen atoms in total. The molecule has 0 unspecified atom stereocenters. The zero-order valence-electron chi connectivity index (χ0n) is 37.4. The molecule has 0 aliphatic heterocycles. The predicted molar refractivity (Wildman–Crippen MR) is 236 cm³/mol. The van der Waals surface area contributed by atoms with Gasteiger partial charge in [0.05, 0.1) is 54.7 Å². The fraction of sp³-hybridized carbons (Fsp3) is 0. The van der Waals surface area contributed by atoms with E-state index in [4.69, 9.17) is 11.5 Å². The summed E-state index contributed by atoms with van der Waals surface area (Å²) in [4.78, 5) is 34.0. The smallest absolute Gasteiger partial charge is 0.744 e. The number of benzene rings is 5. The molecule has 0 spiro atoms. The van der Waals surface area contributed by atoms with E-state index in [1.807, 2.05) is 0 Å². The molecule has 30 heteroatoms. The summed E-state index contributed by atoms with van der Waals surface area (Å²) in [6.07, 6.45) is 4.08. The van der Waals surface area contributed by atoms with Crippen LogP contribution in [-0.2, 0) is 39.9 Å². The Morgan fingerprint density at radius 1 is 0.592 bits per heavy atom. The first-order valence-corrected chi connectivity index (χ1v) is 22.8. The third-order valence-corrected chi connectivity index (χ3v) is 11.9. The van der Waals surface area contributed by atoms with Crippen LogP contribution in [0.15, 0.2) is 166 Å². The quantitative estimate of drug-likeness (QED) is 0.0162. The van der Waals surface area contributed by atoms with E-state index in [0.29, 0.717) is 29.0 Å². The molecule has 7 rings (SSSR count). The molecule has 71 heavy (non-hydrogen) atoms. The van der Waals surface area contributed by atoms with Crippen molar-refractivity contribution in [3.8, 4) is 11.1 Å². The van der Waals surface area contributed by atoms with Crippen molar-refractivity contribution in [1.29, 1.82) is 0 Å². The van der Waals surface area contributed by atoms with Gasteiger partial charge in [0.1, 0.15) is 53.1 Å². The molecule has 0 atom stereocenters. The molecular weight excluding hydrogens is 1030 g/mol. The summed E-state index contributed by atoms with van der Waals surface area (Å²) in [7, 11) is -15.7. The summed E-state index contributed by atoms with van der Waals surface area (Å²) in [5.74, 6) is -3.63. The summed E-state index contributed by atoms with van der Waals surface area (Å²) >= 11 is 0. The van der Waals surface area contributed by atoms with Crippen LogP contribution in [0.5, 0.6) is 0 Å². The minimum absolute atomic E-state index is 0. The van der Waals surface area contributed by atoms with Crippen LogP contribution < -0.4 is 146 Å². The molecule has 5 aromatic carbocycles. The molecule has 5 aromatic rings. The second kappa shape index (κ2) is 25.0. The molecular formula is C41H26N10Na4O13S3. The number of nitrogens with two attached hydrogens (primary N) is 2. The topological polar surface area (TPSA) is 396 Å². The number of carbonyl (C=O) groups excluding carboxylic acids is 3. The number of azo groups is 2. The number of Topliss-reactive ketones (excluding diaryl/α,β-unsaturated/α-hetero) is 1. The van der Waals surface area contributed by atoms with E-state index in [2.05, 4.69) is 41.5 Å². The van der Waals surface area contributed by atoms with Crippen molar-refractivity contribution in [2.75, 3.05) is 22.3 Å². The third kappa shape index (κ3) is 14.9. The molecule has 6 N–H and O–H groups in total.